The Balaban J connectivity index is 1.93. The molecule has 0 aliphatic carbocycles. The number of aliphatic hydroxyl groups is 1. The third-order valence-corrected chi connectivity index (χ3v) is 7.22. The van der Waals surface area contributed by atoms with E-state index in [2.05, 4.69) is 0 Å². The van der Waals surface area contributed by atoms with E-state index in [1.165, 1.54) is 0 Å². The van der Waals surface area contributed by atoms with E-state index >= 15 is 0 Å². The molecule has 110 valence electrons. The van der Waals surface area contributed by atoms with Gasteiger partial charge in [-0.2, -0.15) is 0 Å². The highest BCUT2D eigenvalue weighted by Crippen LogP contribution is 2.47. The molecule has 2 bridgehead atoms. The van der Waals surface area contributed by atoms with Gasteiger partial charge in [-0.1, -0.05) is 12.1 Å². The first-order valence-electron chi connectivity index (χ1n) is 7.14. The first-order chi connectivity index (χ1) is 9.45. The quantitative estimate of drug-likeness (QED) is 0.927. The molecule has 3 rings (SSSR count). The van der Waals surface area contributed by atoms with Gasteiger partial charge in [-0.25, -0.2) is 8.42 Å². The van der Waals surface area contributed by atoms with Crippen molar-refractivity contribution in [3.05, 3.63) is 29.8 Å². The van der Waals surface area contributed by atoms with Crippen LogP contribution in [0, 0.1) is 0 Å². The van der Waals surface area contributed by atoms with Gasteiger partial charge in [0, 0.05) is 0 Å². The summed E-state index contributed by atoms with van der Waals surface area (Å²) in [5.41, 5.74) is -0.264. The molecule has 2 aliphatic heterocycles. The molecule has 2 heterocycles. The molecule has 2 fully saturated rings. The van der Waals surface area contributed by atoms with E-state index in [1.807, 2.05) is 31.2 Å². The van der Waals surface area contributed by atoms with Crippen molar-refractivity contribution in [2.24, 2.45) is 0 Å². The minimum atomic E-state index is -3.02. The van der Waals surface area contributed by atoms with Crippen molar-refractivity contribution >= 4 is 9.84 Å². The predicted molar refractivity (Wildman–Crippen MR) is 76.5 cm³/mol. The summed E-state index contributed by atoms with van der Waals surface area (Å²) < 4.78 is 29.7. The molecule has 1 N–H and O–H groups in total. The maximum absolute atomic E-state index is 12.1. The van der Waals surface area contributed by atoms with Gasteiger partial charge < -0.3 is 9.84 Å². The Bertz CT molecular complexity index is 588. The summed E-state index contributed by atoms with van der Waals surface area (Å²) in [6.07, 6.45) is 1.98. The second-order valence-corrected chi connectivity index (χ2v) is 8.32. The first-order valence-corrected chi connectivity index (χ1v) is 8.75. The van der Waals surface area contributed by atoms with Gasteiger partial charge in [-0.3, -0.25) is 0 Å². The molecule has 0 saturated carbocycles. The van der Waals surface area contributed by atoms with Crippen LogP contribution in [-0.2, 0) is 15.4 Å². The molecule has 2 unspecified atom stereocenters. The van der Waals surface area contributed by atoms with Gasteiger partial charge in [0.15, 0.2) is 9.84 Å². The van der Waals surface area contributed by atoms with E-state index in [-0.39, 0.29) is 10.5 Å². The second-order valence-electron chi connectivity index (χ2n) is 5.81. The van der Waals surface area contributed by atoms with Gasteiger partial charge in [0.25, 0.3) is 0 Å². The summed E-state index contributed by atoms with van der Waals surface area (Å²) in [6.45, 7) is 2.48. The van der Waals surface area contributed by atoms with Crippen LogP contribution in [0.3, 0.4) is 0 Å². The fraction of sp³-hybridized carbons (Fsp3) is 0.600. The summed E-state index contributed by atoms with van der Waals surface area (Å²) in [4.78, 5) is 0. The number of rotatable bonds is 3. The SMILES string of the molecule is CCOc1cccc(C2(O)CC3CCC(C2)S3(=O)=O)c1. The molecular weight excluding hydrogens is 276 g/mol. The molecule has 20 heavy (non-hydrogen) atoms. The molecule has 0 amide bonds. The number of hydrogen-bond acceptors (Lipinski definition) is 4. The number of sulfone groups is 1. The van der Waals surface area contributed by atoms with Crippen molar-refractivity contribution in [3.63, 3.8) is 0 Å². The molecule has 0 spiro atoms. The van der Waals surface area contributed by atoms with Crippen molar-refractivity contribution in [2.45, 2.75) is 48.7 Å². The zero-order chi connectivity index (χ0) is 14.4. The summed E-state index contributed by atoms with van der Waals surface area (Å²) in [5.74, 6) is 0.721. The Hall–Kier alpha value is -1.07. The van der Waals surface area contributed by atoms with Crippen LogP contribution in [0.25, 0.3) is 0 Å². The van der Waals surface area contributed by atoms with E-state index in [4.69, 9.17) is 4.74 Å². The maximum Gasteiger partial charge on any atom is 0.156 e. The molecule has 2 saturated heterocycles. The fourth-order valence-corrected chi connectivity index (χ4v) is 6.01. The lowest BCUT2D eigenvalue weighted by molar-refractivity contribution is 0.0171. The van der Waals surface area contributed by atoms with Crippen LogP contribution in [-0.4, -0.2) is 30.6 Å². The minimum Gasteiger partial charge on any atom is -0.494 e. The van der Waals surface area contributed by atoms with Gasteiger partial charge in [0.05, 0.1) is 22.7 Å². The summed E-state index contributed by atoms with van der Waals surface area (Å²) in [6, 6.07) is 7.40. The van der Waals surface area contributed by atoms with Crippen molar-refractivity contribution < 1.29 is 18.3 Å². The van der Waals surface area contributed by atoms with E-state index in [0.29, 0.717) is 32.3 Å². The standard InChI is InChI=1S/C15H20O4S/c1-2-19-12-5-3-4-11(8-12)15(16)9-13-6-7-14(10-15)20(13,17)18/h3-5,8,13-14,16H,2,6-7,9-10H2,1H3. The van der Waals surface area contributed by atoms with Gasteiger partial charge in [-0.05, 0) is 50.3 Å². The molecule has 2 atom stereocenters. The van der Waals surface area contributed by atoms with Gasteiger partial charge in [0.2, 0.25) is 0 Å². The van der Waals surface area contributed by atoms with Crippen molar-refractivity contribution in [1.29, 1.82) is 0 Å². The topological polar surface area (TPSA) is 63.6 Å². The zero-order valence-corrected chi connectivity index (χ0v) is 12.4. The van der Waals surface area contributed by atoms with Gasteiger partial charge in [-0.15, -0.1) is 0 Å². The molecule has 2 aliphatic rings. The van der Waals surface area contributed by atoms with Crippen molar-refractivity contribution in [1.82, 2.24) is 0 Å². The molecule has 0 aromatic heterocycles. The first kappa shape index (κ1) is 13.9. The lowest BCUT2D eigenvalue weighted by atomic mass is 9.86. The van der Waals surface area contributed by atoms with Crippen LogP contribution in [0.15, 0.2) is 24.3 Å². The van der Waals surface area contributed by atoms with Gasteiger partial charge in [0.1, 0.15) is 5.75 Å². The number of hydrogen-bond donors (Lipinski definition) is 1. The molecule has 1 aromatic rings. The average molecular weight is 296 g/mol. The Morgan fingerprint density at radius 3 is 2.55 bits per heavy atom. The highest BCUT2D eigenvalue weighted by atomic mass is 32.2. The van der Waals surface area contributed by atoms with Crippen LogP contribution in [0.1, 0.15) is 38.2 Å². The summed E-state index contributed by atoms with van der Waals surface area (Å²) >= 11 is 0. The Labute approximate surface area is 119 Å². The van der Waals surface area contributed by atoms with E-state index in [0.717, 1.165) is 11.3 Å². The number of ether oxygens (including phenoxy) is 1. The molecule has 1 aromatic carbocycles. The van der Waals surface area contributed by atoms with Crippen molar-refractivity contribution in [2.75, 3.05) is 6.61 Å². The predicted octanol–water partition coefficient (Wildman–Crippen LogP) is 2.01. The summed E-state index contributed by atoms with van der Waals surface area (Å²) in [5, 5.41) is 10.2. The second kappa shape index (κ2) is 4.74. The normalized spacial score (nSPS) is 34.9. The minimum absolute atomic E-state index is 0.307. The Kier molecular flexibility index (Phi) is 3.29. The largest absolute Gasteiger partial charge is 0.494 e. The average Bonchev–Trinajstić information content (AvgIpc) is 2.60. The Morgan fingerprint density at radius 2 is 1.95 bits per heavy atom. The molecule has 5 heteroatoms. The van der Waals surface area contributed by atoms with Crippen molar-refractivity contribution in [3.8, 4) is 5.75 Å². The maximum atomic E-state index is 12.1. The summed E-state index contributed by atoms with van der Waals surface area (Å²) in [7, 11) is -3.02. The zero-order valence-electron chi connectivity index (χ0n) is 11.6. The number of fused-ring (bicyclic) bond motifs is 2. The molecule has 4 nitrogen and oxygen atoms in total. The van der Waals surface area contributed by atoms with Crippen LogP contribution < -0.4 is 4.74 Å². The molecular formula is C15H20O4S. The van der Waals surface area contributed by atoms with Crippen LogP contribution in [0.5, 0.6) is 5.75 Å². The lowest BCUT2D eigenvalue weighted by Crippen LogP contribution is -2.43. The van der Waals surface area contributed by atoms with Crippen LogP contribution in [0.4, 0.5) is 0 Å². The van der Waals surface area contributed by atoms with Crippen LogP contribution in [0.2, 0.25) is 0 Å². The van der Waals surface area contributed by atoms with E-state index in [9.17, 15) is 13.5 Å². The monoisotopic (exact) mass is 296 g/mol. The van der Waals surface area contributed by atoms with Crippen LogP contribution >= 0.6 is 0 Å². The third-order valence-electron chi connectivity index (χ3n) is 4.55. The lowest BCUT2D eigenvalue weighted by Gasteiger charge is -2.36. The fourth-order valence-electron chi connectivity index (χ4n) is 3.52. The van der Waals surface area contributed by atoms with E-state index < -0.39 is 15.4 Å². The highest BCUT2D eigenvalue weighted by molar-refractivity contribution is 7.93. The highest BCUT2D eigenvalue weighted by Gasteiger charge is 2.53. The molecule has 0 radical (unpaired) electrons. The number of benzene rings is 1. The Morgan fingerprint density at radius 1 is 1.30 bits per heavy atom. The smallest absolute Gasteiger partial charge is 0.156 e. The van der Waals surface area contributed by atoms with Gasteiger partial charge >= 0.3 is 0 Å². The third kappa shape index (κ3) is 2.13. The van der Waals surface area contributed by atoms with E-state index in [1.54, 1.807) is 0 Å².